The maximum atomic E-state index is 11.7. The predicted molar refractivity (Wildman–Crippen MR) is 126 cm³/mol. The monoisotopic (exact) mass is 450 g/mol. The van der Waals surface area contributed by atoms with E-state index in [4.69, 9.17) is 26.3 Å². The summed E-state index contributed by atoms with van der Waals surface area (Å²) in [5.41, 5.74) is 6.39. The lowest BCUT2D eigenvalue weighted by atomic mass is 9.48. The van der Waals surface area contributed by atoms with E-state index in [1.807, 2.05) is 0 Å². The van der Waals surface area contributed by atoms with E-state index < -0.39 is 0 Å². The molecule has 1 heterocycles. The molecule has 1 aromatic carbocycles. The van der Waals surface area contributed by atoms with Crippen LogP contribution < -0.4 is 0 Å². The lowest BCUT2D eigenvalue weighted by Crippen LogP contribution is -2.51. The number of allylic oxidation sites excluding steroid dienone is 1. The first-order valence-electron chi connectivity index (χ1n) is 12.1. The molecule has 0 saturated heterocycles. The van der Waals surface area contributed by atoms with Crippen LogP contribution in [0.5, 0.6) is 0 Å². The number of rotatable bonds is 2. The molecule has 0 N–H and O–H groups in total. The number of ether oxygens (including phenoxy) is 1. The minimum absolute atomic E-state index is 0.0115. The molecule has 4 aliphatic rings. The number of aromatic nitrogens is 2. The fourth-order valence-electron chi connectivity index (χ4n) is 7.78. The first-order chi connectivity index (χ1) is 15.4. The summed E-state index contributed by atoms with van der Waals surface area (Å²) in [6.07, 6.45) is 10.0. The van der Waals surface area contributed by atoms with Gasteiger partial charge in [0.25, 0.3) is 0 Å². The van der Waals surface area contributed by atoms with Crippen molar-refractivity contribution in [3.8, 4) is 0 Å². The Bertz CT molecular complexity index is 1130. The quantitative estimate of drug-likeness (QED) is 0.331. The van der Waals surface area contributed by atoms with E-state index in [9.17, 15) is 4.79 Å². The van der Waals surface area contributed by atoms with E-state index in [2.05, 4.69) is 44.2 Å². The normalized spacial score (nSPS) is 37.7. The van der Waals surface area contributed by atoms with Gasteiger partial charge in [-0.2, -0.15) is 0 Å². The molecule has 6 atom stereocenters. The van der Waals surface area contributed by atoms with Crippen molar-refractivity contribution in [3.05, 3.63) is 47.3 Å². The fraction of sp³-hybridized carbons (Fsp3) is 0.593. The van der Waals surface area contributed by atoms with Crippen LogP contribution in [0.25, 0.3) is 11.0 Å². The van der Waals surface area contributed by atoms with Crippen molar-refractivity contribution >= 4 is 28.6 Å². The Morgan fingerprint density at radius 2 is 1.81 bits per heavy atom. The first kappa shape index (κ1) is 20.7. The predicted octanol–water partition coefficient (Wildman–Crippen LogP) is 5.76. The highest BCUT2D eigenvalue weighted by atomic mass is 35.5. The maximum absolute atomic E-state index is 11.7. The van der Waals surface area contributed by atoms with Gasteiger partial charge in [0.05, 0.1) is 22.4 Å². The molecule has 168 valence electrons. The van der Waals surface area contributed by atoms with E-state index in [0.29, 0.717) is 17.8 Å². The lowest BCUT2D eigenvalue weighted by molar-refractivity contribution is -0.148. The third kappa shape index (κ3) is 2.91. The van der Waals surface area contributed by atoms with Crippen LogP contribution >= 0.6 is 11.6 Å². The highest BCUT2D eigenvalue weighted by molar-refractivity contribution is 6.26. The molecule has 5 heteroatoms. The van der Waals surface area contributed by atoms with Gasteiger partial charge < -0.3 is 4.74 Å². The summed E-state index contributed by atoms with van der Waals surface area (Å²) < 4.78 is 5.61. The third-order valence-electron chi connectivity index (χ3n) is 9.45. The topological polar surface area (TPSA) is 52.1 Å². The van der Waals surface area contributed by atoms with Crippen LogP contribution in [0, 0.1) is 23.2 Å². The number of carbonyl (C=O) groups is 1. The molecule has 0 amide bonds. The second kappa shape index (κ2) is 7.28. The molecule has 0 radical (unpaired) electrons. The van der Waals surface area contributed by atoms with Crippen molar-refractivity contribution in [2.45, 2.75) is 70.3 Å². The van der Waals surface area contributed by atoms with Crippen molar-refractivity contribution in [2.24, 2.45) is 23.2 Å². The Morgan fingerprint density at radius 3 is 2.59 bits per heavy atom. The smallest absolute Gasteiger partial charge is 0.321 e. The first-order valence-corrected chi connectivity index (χ1v) is 12.7. The fourth-order valence-corrected chi connectivity index (χ4v) is 7.84. The zero-order chi connectivity index (χ0) is 22.1. The van der Waals surface area contributed by atoms with Gasteiger partial charge in [0.2, 0.25) is 0 Å². The summed E-state index contributed by atoms with van der Waals surface area (Å²) in [4.78, 5) is 21.9. The highest BCUT2D eigenvalue weighted by Gasteiger charge is 2.58. The Kier molecular flexibility index (Phi) is 4.70. The zero-order valence-electron chi connectivity index (χ0n) is 18.9. The van der Waals surface area contributed by atoms with E-state index in [1.54, 1.807) is 0 Å². The number of esters is 1. The molecule has 2 aromatic rings. The maximum Gasteiger partial charge on any atom is 0.321 e. The summed E-state index contributed by atoms with van der Waals surface area (Å²) in [7, 11) is 0. The lowest BCUT2D eigenvalue weighted by Gasteiger charge is -2.57. The number of hydrogen-bond donors (Lipinski definition) is 0. The Hall–Kier alpha value is -1.94. The van der Waals surface area contributed by atoms with E-state index in [1.165, 1.54) is 29.8 Å². The average molecular weight is 451 g/mol. The van der Waals surface area contributed by atoms with Gasteiger partial charge >= 0.3 is 5.97 Å². The molecule has 4 aliphatic carbocycles. The molecular weight excluding hydrogens is 420 g/mol. The van der Waals surface area contributed by atoms with Gasteiger partial charge in [0.15, 0.2) is 0 Å². The largest absolute Gasteiger partial charge is 0.461 e. The van der Waals surface area contributed by atoms with Crippen LogP contribution in [0.3, 0.4) is 0 Å². The summed E-state index contributed by atoms with van der Waals surface area (Å²) in [5, 5.41) is 0. The molecule has 2 fully saturated rings. The minimum atomic E-state index is -0.293. The van der Waals surface area contributed by atoms with Crippen LogP contribution in [-0.2, 0) is 21.4 Å². The van der Waals surface area contributed by atoms with Gasteiger partial charge in [-0.05, 0) is 73.8 Å². The van der Waals surface area contributed by atoms with Crippen molar-refractivity contribution in [1.29, 1.82) is 0 Å². The number of benzene rings is 1. The number of alkyl halides is 1. The van der Waals surface area contributed by atoms with Crippen LogP contribution in [0.1, 0.15) is 63.8 Å². The van der Waals surface area contributed by atoms with Gasteiger partial charge in [0, 0.05) is 11.8 Å². The van der Waals surface area contributed by atoms with Crippen molar-refractivity contribution < 1.29 is 9.53 Å². The summed E-state index contributed by atoms with van der Waals surface area (Å²) in [5.74, 6) is 1.61. The van der Waals surface area contributed by atoms with Crippen molar-refractivity contribution in [1.82, 2.24) is 9.97 Å². The molecular formula is C27H31ClN2O2. The van der Waals surface area contributed by atoms with E-state index in [-0.39, 0.29) is 28.8 Å². The van der Waals surface area contributed by atoms with Crippen LogP contribution in [0.15, 0.2) is 35.9 Å². The summed E-state index contributed by atoms with van der Waals surface area (Å²) in [6.45, 7) is 4.93. The SMILES string of the molecule is C[C@]12CC[C@H](OC(=O)CCl)CC1=CC[C@@H]1[C@@H]2CC[C@]2(C)c3nc4ccccc4nc3C[C@@H]12. The van der Waals surface area contributed by atoms with E-state index >= 15 is 0 Å². The molecule has 0 unspecified atom stereocenters. The van der Waals surface area contributed by atoms with E-state index in [0.717, 1.165) is 43.1 Å². The second-order valence-electron chi connectivity index (χ2n) is 10.9. The summed E-state index contributed by atoms with van der Waals surface area (Å²) >= 11 is 5.66. The highest BCUT2D eigenvalue weighted by Crippen LogP contribution is 2.63. The van der Waals surface area contributed by atoms with Gasteiger partial charge in [-0.3, -0.25) is 4.79 Å². The number of hydrogen-bond acceptors (Lipinski definition) is 4. The van der Waals surface area contributed by atoms with Gasteiger partial charge in [-0.25, -0.2) is 9.97 Å². The third-order valence-corrected chi connectivity index (χ3v) is 9.67. The molecule has 6 rings (SSSR count). The van der Waals surface area contributed by atoms with Crippen LogP contribution in [0.4, 0.5) is 0 Å². The van der Waals surface area contributed by atoms with Crippen LogP contribution in [-0.4, -0.2) is 27.9 Å². The number of halogens is 1. The molecule has 0 bridgehead atoms. The molecule has 1 aromatic heterocycles. The Morgan fingerprint density at radius 1 is 1.06 bits per heavy atom. The second-order valence-corrected chi connectivity index (χ2v) is 11.2. The Labute approximate surface area is 194 Å². The number of nitrogens with zero attached hydrogens (tertiary/aromatic N) is 2. The number of fused-ring (bicyclic) bond motifs is 8. The summed E-state index contributed by atoms with van der Waals surface area (Å²) in [6, 6.07) is 8.29. The number of carbonyl (C=O) groups excluding carboxylic acids is 1. The van der Waals surface area contributed by atoms with Gasteiger partial charge in [-0.1, -0.05) is 37.6 Å². The zero-order valence-corrected chi connectivity index (χ0v) is 19.7. The minimum Gasteiger partial charge on any atom is -0.461 e. The average Bonchev–Trinajstić information content (AvgIpc) is 3.09. The van der Waals surface area contributed by atoms with Crippen molar-refractivity contribution in [2.75, 3.05) is 5.88 Å². The Balaban J connectivity index is 1.31. The molecule has 2 saturated carbocycles. The molecule has 0 aliphatic heterocycles. The van der Waals surface area contributed by atoms with Gasteiger partial charge in [-0.15, -0.1) is 11.6 Å². The number of para-hydroxylation sites is 2. The molecule has 0 spiro atoms. The molecule has 32 heavy (non-hydrogen) atoms. The van der Waals surface area contributed by atoms with Crippen molar-refractivity contribution in [3.63, 3.8) is 0 Å². The molecule has 4 nitrogen and oxygen atoms in total. The van der Waals surface area contributed by atoms with Gasteiger partial charge in [0.1, 0.15) is 12.0 Å². The standard InChI is InChI=1S/C27H31ClN2O2/c1-26-11-9-17(32-24(31)15-28)13-16(26)7-8-18-19(26)10-12-27(2)20(18)14-23-25(27)30-22-6-4-3-5-21(22)29-23/h3-7,17-20H,8-15H2,1-2H3/t17-,18+,19-,20-,26-,27-/m0/s1. The van der Waals surface area contributed by atoms with Crippen LogP contribution in [0.2, 0.25) is 0 Å².